The van der Waals surface area contributed by atoms with E-state index in [1.807, 2.05) is 0 Å². The third-order valence-electron chi connectivity index (χ3n) is 9.38. The molecule has 246 valence electrons. The topological polar surface area (TPSA) is 142 Å². The molecule has 2 aromatic heterocycles. The summed E-state index contributed by atoms with van der Waals surface area (Å²) in [4.78, 5) is 7.03. The molecule has 3 fully saturated rings. The van der Waals surface area contributed by atoms with E-state index in [9.17, 15) is 16.8 Å². The number of fused-ring (bicyclic) bond motifs is 1. The fourth-order valence-electron chi connectivity index (χ4n) is 6.74. The Hall–Kier alpha value is -1.88. The van der Waals surface area contributed by atoms with Crippen LogP contribution in [0.15, 0.2) is 43.3 Å². The van der Waals surface area contributed by atoms with Gasteiger partial charge in [0, 0.05) is 52.0 Å². The Labute approximate surface area is 278 Å². The Morgan fingerprint density at radius 2 is 1.58 bits per heavy atom. The Morgan fingerprint density at radius 1 is 0.889 bits per heavy atom. The minimum atomic E-state index is -3.81. The molecule has 12 nitrogen and oxygen atoms in total. The molecule has 16 heteroatoms. The molecule has 45 heavy (non-hydrogen) atoms. The van der Waals surface area contributed by atoms with Crippen molar-refractivity contribution < 1.29 is 21.5 Å². The second-order valence-corrected chi connectivity index (χ2v) is 17.3. The summed E-state index contributed by atoms with van der Waals surface area (Å²) < 4.78 is 61.7. The molecule has 3 aliphatic rings. The highest BCUT2D eigenvalue weighted by atomic mass is 79.9. The number of sulfonamides is 2. The third-order valence-corrected chi connectivity index (χ3v) is 14.2. The molecule has 3 saturated heterocycles. The van der Waals surface area contributed by atoms with Crippen LogP contribution >= 0.6 is 27.5 Å². The molecule has 0 unspecified atom stereocenters. The van der Waals surface area contributed by atoms with Crippen molar-refractivity contribution in [1.82, 2.24) is 29.2 Å². The number of hydrogen-bond donors (Lipinski definition) is 1. The molecule has 3 aliphatic heterocycles. The Morgan fingerprint density at radius 3 is 2.29 bits per heavy atom. The summed E-state index contributed by atoms with van der Waals surface area (Å²) >= 11 is 9.89. The Kier molecular flexibility index (Phi) is 10.3. The second-order valence-electron chi connectivity index (χ2n) is 12.2. The van der Waals surface area contributed by atoms with Gasteiger partial charge in [0.15, 0.2) is 5.52 Å². The zero-order valence-electron chi connectivity index (χ0n) is 25.1. The van der Waals surface area contributed by atoms with Crippen molar-refractivity contribution in [1.29, 1.82) is 0 Å². The summed E-state index contributed by atoms with van der Waals surface area (Å²) in [6, 6.07) is 4.81. The first-order chi connectivity index (χ1) is 21.6. The number of aromatic nitrogens is 3. The van der Waals surface area contributed by atoms with Crippen LogP contribution in [0.5, 0.6) is 0 Å². The normalized spacial score (nSPS) is 20.5. The van der Waals surface area contributed by atoms with E-state index in [-0.39, 0.29) is 20.3 Å². The summed E-state index contributed by atoms with van der Waals surface area (Å²) in [6.45, 7) is 5.14. The van der Waals surface area contributed by atoms with Crippen molar-refractivity contribution >= 4 is 64.4 Å². The van der Waals surface area contributed by atoms with Crippen LogP contribution in [-0.2, 0) is 20.0 Å². The van der Waals surface area contributed by atoms with Gasteiger partial charge >= 0.3 is 0 Å². The van der Waals surface area contributed by atoms with E-state index >= 15 is 0 Å². The summed E-state index contributed by atoms with van der Waals surface area (Å²) in [5.41, 5.74) is 0.539. The number of nitrogens with one attached hydrogen (secondary N) is 1. The fraction of sp³-hybridized carbons (Fsp3) is 0.621. The first-order valence-electron chi connectivity index (χ1n) is 15.7. The maximum atomic E-state index is 13.4. The van der Waals surface area contributed by atoms with Crippen molar-refractivity contribution in [3.05, 3.63) is 33.9 Å². The minimum Gasteiger partial charge on any atom is -0.356 e. The monoisotopic (exact) mass is 743 g/mol. The molecule has 1 N–H and O–H groups in total. The molecular formula is C29H39BrClN7O5S2. The predicted molar refractivity (Wildman–Crippen MR) is 175 cm³/mol. The van der Waals surface area contributed by atoms with Crippen molar-refractivity contribution in [3.8, 4) is 0 Å². The molecule has 0 atom stereocenters. The SMILES string of the molecule is O=S(=O)(c1cnc(N2CCC(CCCC3CCN(S(=O)(=O)c4c(Cl)ccc5nonc45)CC3)CC2)c(Br)c1)N1CCCNCC1. The lowest BCUT2D eigenvalue weighted by Crippen LogP contribution is -2.38. The summed E-state index contributed by atoms with van der Waals surface area (Å²) in [5, 5.41) is 10.9. The van der Waals surface area contributed by atoms with Crippen molar-refractivity contribution in [2.24, 2.45) is 11.8 Å². The van der Waals surface area contributed by atoms with Crippen LogP contribution in [-0.4, -0.2) is 93.1 Å². The number of halogens is 2. The number of pyridine rings is 1. The molecule has 6 rings (SSSR count). The van der Waals surface area contributed by atoms with Gasteiger partial charge in [-0.05, 0) is 94.9 Å². The van der Waals surface area contributed by atoms with Gasteiger partial charge in [0.1, 0.15) is 21.1 Å². The highest BCUT2D eigenvalue weighted by molar-refractivity contribution is 9.10. The van der Waals surface area contributed by atoms with Crippen LogP contribution in [0.2, 0.25) is 5.02 Å². The molecule has 0 spiro atoms. The molecular weight excluding hydrogens is 706 g/mol. The van der Waals surface area contributed by atoms with Crippen molar-refractivity contribution in [2.75, 3.05) is 57.3 Å². The van der Waals surface area contributed by atoms with Gasteiger partial charge in [0.25, 0.3) is 0 Å². The molecule has 5 heterocycles. The number of anilines is 1. The Balaban J connectivity index is 0.953. The zero-order chi connectivity index (χ0) is 31.6. The van der Waals surface area contributed by atoms with Gasteiger partial charge in [-0.3, -0.25) is 0 Å². The van der Waals surface area contributed by atoms with E-state index in [4.69, 9.17) is 16.2 Å². The first kappa shape index (κ1) is 33.0. The summed E-state index contributed by atoms with van der Waals surface area (Å²) in [6.07, 6.45) is 9.43. The third kappa shape index (κ3) is 7.19. The van der Waals surface area contributed by atoms with Gasteiger partial charge in [-0.15, -0.1) is 0 Å². The van der Waals surface area contributed by atoms with E-state index < -0.39 is 20.0 Å². The van der Waals surface area contributed by atoms with Crippen LogP contribution in [0.3, 0.4) is 0 Å². The summed E-state index contributed by atoms with van der Waals surface area (Å²) in [7, 11) is -7.38. The van der Waals surface area contributed by atoms with E-state index in [0.29, 0.717) is 54.5 Å². The highest BCUT2D eigenvalue weighted by Crippen LogP contribution is 2.35. The largest absolute Gasteiger partial charge is 0.356 e. The van der Waals surface area contributed by atoms with Crippen LogP contribution < -0.4 is 10.2 Å². The average molecular weight is 745 g/mol. The van der Waals surface area contributed by atoms with Crippen molar-refractivity contribution in [2.45, 2.75) is 61.2 Å². The lowest BCUT2D eigenvalue weighted by molar-refractivity contribution is 0.252. The van der Waals surface area contributed by atoms with E-state index in [1.54, 1.807) is 16.4 Å². The van der Waals surface area contributed by atoms with Gasteiger partial charge in [-0.2, -0.15) is 8.61 Å². The second kappa shape index (κ2) is 14.1. The minimum absolute atomic E-state index is 0.0264. The molecule has 1 aromatic carbocycles. The average Bonchev–Trinajstić information content (AvgIpc) is 3.32. The smallest absolute Gasteiger partial charge is 0.246 e. The van der Waals surface area contributed by atoms with Crippen LogP contribution in [0.1, 0.15) is 51.4 Å². The van der Waals surface area contributed by atoms with Gasteiger partial charge in [-0.1, -0.05) is 30.9 Å². The quantitative estimate of drug-likeness (QED) is 0.333. The van der Waals surface area contributed by atoms with Gasteiger partial charge in [0.2, 0.25) is 20.0 Å². The first-order valence-corrected chi connectivity index (χ1v) is 19.7. The number of piperidine rings is 2. The van der Waals surface area contributed by atoms with E-state index in [2.05, 4.69) is 41.4 Å². The van der Waals surface area contributed by atoms with Gasteiger partial charge in [0.05, 0.1) is 9.50 Å². The predicted octanol–water partition coefficient (Wildman–Crippen LogP) is 4.51. The molecule has 0 saturated carbocycles. The molecule has 0 aliphatic carbocycles. The lowest BCUT2D eigenvalue weighted by Gasteiger charge is -2.34. The van der Waals surface area contributed by atoms with Crippen LogP contribution in [0, 0.1) is 11.8 Å². The maximum Gasteiger partial charge on any atom is 0.246 e. The number of hydrogen-bond acceptors (Lipinski definition) is 10. The maximum absolute atomic E-state index is 13.4. The zero-order valence-corrected chi connectivity index (χ0v) is 29.0. The van der Waals surface area contributed by atoms with Gasteiger partial charge < -0.3 is 10.2 Å². The molecule has 0 bridgehead atoms. The van der Waals surface area contributed by atoms with Crippen LogP contribution in [0.25, 0.3) is 11.0 Å². The van der Waals surface area contributed by atoms with E-state index in [0.717, 1.165) is 76.8 Å². The standard InChI is InChI=1S/C29H39BrClN7O5S2/c30-24-19-23(44(39,40)37-13-2-11-32-12-18-37)20-33-29(24)36-14-7-21(8-15-36)3-1-4-22-9-16-38(17-10-22)45(41,42)28-25(31)5-6-26-27(28)35-43-34-26/h5-6,19-22,32H,1-4,7-18H2. The number of benzene rings is 1. The van der Waals surface area contributed by atoms with Crippen LogP contribution in [0.4, 0.5) is 5.82 Å². The molecule has 0 radical (unpaired) electrons. The molecule has 0 amide bonds. The number of rotatable bonds is 9. The number of nitrogens with zero attached hydrogens (tertiary/aromatic N) is 6. The summed E-state index contributed by atoms with van der Waals surface area (Å²) in [5.74, 6) is 1.93. The Bertz CT molecular complexity index is 1700. The van der Waals surface area contributed by atoms with Gasteiger partial charge in [-0.25, -0.2) is 26.4 Å². The lowest BCUT2D eigenvalue weighted by atomic mass is 9.87. The molecule has 3 aromatic rings. The van der Waals surface area contributed by atoms with Crippen molar-refractivity contribution in [3.63, 3.8) is 0 Å². The highest BCUT2D eigenvalue weighted by Gasteiger charge is 2.34. The fourth-order valence-corrected chi connectivity index (χ4v) is 11.0. The van der Waals surface area contributed by atoms with E-state index in [1.165, 1.54) is 16.6 Å².